The van der Waals surface area contributed by atoms with Gasteiger partial charge in [0.1, 0.15) is 5.78 Å². The zero-order valence-corrected chi connectivity index (χ0v) is 9.28. The van der Waals surface area contributed by atoms with E-state index >= 15 is 0 Å². The highest BCUT2D eigenvalue weighted by Crippen LogP contribution is 2.07. The van der Waals surface area contributed by atoms with E-state index in [-0.39, 0.29) is 0 Å². The third-order valence-electron chi connectivity index (χ3n) is 2.56. The minimum Gasteiger partial charge on any atom is -0.330 e. The van der Waals surface area contributed by atoms with Gasteiger partial charge in [-0.05, 0) is 24.4 Å². The standard InChI is InChI=1S/C13H19NO/c1-11(10-14)7-8-13(15)9-12-5-3-2-4-6-12/h2-6,11H,7-10,14H2,1H3. The molecule has 1 atom stereocenters. The topological polar surface area (TPSA) is 43.1 Å². The number of ketones is 1. The van der Waals surface area contributed by atoms with Crippen LogP contribution in [0, 0.1) is 5.92 Å². The smallest absolute Gasteiger partial charge is 0.137 e. The maximum atomic E-state index is 11.6. The first-order chi connectivity index (χ1) is 7.22. The van der Waals surface area contributed by atoms with Crippen LogP contribution in [0.5, 0.6) is 0 Å². The lowest BCUT2D eigenvalue weighted by Gasteiger charge is -2.06. The Morgan fingerprint density at radius 1 is 1.33 bits per heavy atom. The number of rotatable bonds is 6. The normalized spacial score (nSPS) is 12.4. The number of Topliss-reactive ketones (excluding diaryl/α,β-unsaturated/α-hetero) is 1. The molecule has 0 radical (unpaired) electrons. The van der Waals surface area contributed by atoms with Crippen LogP contribution < -0.4 is 5.73 Å². The number of carbonyl (C=O) groups excluding carboxylic acids is 1. The minimum atomic E-state index is 0.307. The number of hydrogen-bond donors (Lipinski definition) is 1. The van der Waals surface area contributed by atoms with E-state index in [2.05, 4.69) is 6.92 Å². The first-order valence-corrected chi connectivity index (χ1v) is 5.48. The fourth-order valence-electron chi connectivity index (χ4n) is 1.44. The van der Waals surface area contributed by atoms with E-state index in [1.54, 1.807) is 0 Å². The monoisotopic (exact) mass is 205 g/mol. The summed E-state index contributed by atoms with van der Waals surface area (Å²) in [4.78, 5) is 11.6. The van der Waals surface area contributed by atoms with Gasteiger partial charge in [0.25, 0.3) is 0 Å². The largest absolute Gasteiger partial charge is 0.330 e. The molecule has 1 unspecified atom stereocenters. The molecule has 2 N–H and O–H groups in total. The highest BCUT2D eigenvalue weighted by molar-refractivity contribution is 5.80. The predicted octanol–water partition coefficient (Wildman–Crippen LogP) is 2.17. The molecular formula is C13H19NO. The Morgan fingerprint density at radius 2 is 2.00 bits per heavy atom. The van der Waals surface area contributed by atoms with Gasteiger partial charge in [0.05, 0.1) is 0 Å². The zero-order chi connectivity index (χ0) is 11.1. The van der Waals surface area contributed by atoms with Crippen molar-refractivity contribution >= 4 is 5.78 Å². The van der Waals surface area contributed by atoms with Gasteiger partial charge in [-0.3, -0.25) is 4.79 Å². The lowest BCUT2D eigenvalue weighted by Crippen LogP contribution is -2.13. The molecule has 82 valence electrons. The maximum absolute atomic E-state index is 11.6. The van der Waals surface area contributed by atoms with Crippen molar-refractivity contribution in [1.29, 1.82) is 0 Å². The van der Waals surface area contributed by atoms with E-state index in [0.29, 0.717) is 31.1 Å². The van der Waals surface area contributed by atoms with Crippen molar-refractivity contribution in [3.63, 3.8) is 0 Å². The fraction of sp³-hybridized carbons (Fsp3) is 0.462. The molecule has 2 nitrogen and oxygen atoms in total. The first kappa shape index (κ1) is 11.9. The quantitative estimate of drug-likeness (QED) is 0.773. The van der Waals surface area contributed by atoms with E-state index < -0.39 is 0 Å². The Balaban J connectivity index is 2.31. The molecule has 0 amide bonds. The lowest BCUT2D eigenvalue weighted by molar-refractivity contribution is -0.118. The predicted molar refractivity (Wildman–Crippen MR) is 62.6 cm³/mol. The van der Waals surface area contributed by atoms with Crippen LogP contribution in [0.2, 0.25) is 0 Å². The second-order valence-corrected chi connectivity index (χ2v) is 4.08. The van der Waals surface area contributed by atoms with Gasteiger partial charge in [-0.15, -0.1) is 0 Å². The van der Waals surface area contributed by atoms with Gasteiger partial charge in [0, 0.05) is 12.8 Å². The summed E-state index contributed by atoms with van der Waals surface area (Å²) in [7, 11) is 0. The highest BCUT2D eigenvalue weighted by Gasteiger charge is 2.06. The van der Waals surface area contributed by atoms with Crippen LogP contribution in [-0.2, 0) is 11.2 Å². The highest BCUT2D eigenvalue weighted by atomic mass is 16.1. The number of benzene rings is 1. The molecule has 0 saturated carbocycles. The van der Waals surface area contributed by atoms with Gasteiger partial charge in [-0.2, -0.15) is 0 Å². The van der Waals surface area contributed by atoms with Crippen molar-refractivity contribution in [2.75, 3.05) is 6.54 Å². The van der Waals surface area contributed by atoms with Crippen LogP contribution in [0.4, 0.5) is 0 Å². The van der Waals surface area contributed by atoms with Gasteiger partial charge < -0.3 is 5.73 Å². The molecule has 0 heterocycles. The summed E-state index contributed by atoms with van der Waals surface area (Å²) in [5.41, 5.74) is 6.60. The summed E-state index contributed by atoms with van der Waals surface area (Å²) >= 11 is 0. The summed E-state index contributed by atoms with van der Waals surface area (Å²) in [6.07, 6.45) is 2.10. The molecule has 1 rings (SSSR count). The molecule has 1 aromatic rings. The van der Waals surface area contributed by atoms with E-state index in [1.165, 1.54) is 0 Å². The molecule has 0 spiro atoms. The third-order valence-corrected chi connectivity index (χ3v) is 2.56. The molecular weight excluding hydrogens is 186 g/mol. The number of hydrogen-bond acceptors (Lipinski definition) is 2. The Bertz CT molecular complexity index is 295. The van der Waals surface area contributed by atoms with Crippen LogP contribution in [0.25, 0.3) is 0 Å². The molecule has 0 saturated heterocycles. The Labute approximate surface area is 91.5 Å². The molecule has 1 aromatic carbocycles. The van der Waals surface area contributed by atoms with Crippen molar-refractivity contribution in [2.24, 2.45) is 11.7 Å². The average molecular weight is 205 g/mol. The second-order valence-electron chi connectivity index (χ2n) is 4.08. The van der Waals surface area contributed by atoms with Crippen LogP contribution in [-0.4, -0.2) is 12.3 Å². The Hall–Kier alpha value is -1.15. The van der Waals surface area contributed by atoms with E-state index in [1.807, 2.05) is 30.3 Å². The second kappa shape index (κ2) is 6.36. The summed E-state index contributed by atoms with van der Waals surface area (Å²) in [5.74, 6) is 0.756. The summed E-state index contributed by atoms with van der Waals surface area (Å²) < 4.78 is 0. The first-order valence-electron chi connectivity index (χ1n) is 5.48. The SMILES string of the molecule is CC(CN)CCC(=O)Cc1ccccc1. The molecule has 15 heavy (non-hydrogen) atoms. The van der Waals surface area contributed by atoms with Crippen LogP contribution in [0.15, 0.2) is 30.3 Å². The molecule has 0 aliphatic rings. The number of nitrogens with two attached hydrogens (primary N) is 1. The maximum Gasteiger partial charge on any atom is 0.137 e. The van der Waals surface area contributed by atoms with Crippen molar-refractivity contribution in [2.45, 2.75) is 26.2 Å². The van der Waals surface area contributed by atoms with Crippen LogP contribution in [0.1, 0.15) is 25.3 Å². The van der Waals surface area contributed by atoms with Gasteiger partial charge in [-0.25, -0.2) is 0 Å². The van der Waals surface area contributed by atoms with Crippen molar-refractivity contribution in [3.05, 3.63) is 35.9 Å². The van der Waals surface area contributed by atoms with Crippen molar-refractivity contribution in [1.82, 2.24) is 0 Å². The van der Waals surface area contributed by atoms with Crippen LogP contribution >= 0.6 is 0 Å². The zero-order valence-electron chi connectivity index (χ0n) is 9.28. The average Bonchev–Trinajstić information content (AvgIpc) is 2.27. The molecule has 2 heteroatoms. The van der Waals surface area contributed by atoms with Gasteiger partial charge >= 0.3 is 0 Å². The Kier molecular flexibility index (Phi) is 5.05. The fourth-order valence-corrected chi connectivity index (χ4v) is 1.44. The molecule has 0 aromatic heterocycles. The summed E-state index contributed by atoms with van der Waals surface area (Å²) in [6.45, 7) is 2.74. The van der Waals surface area contributed by atoms with Gasteiger partial charge in [0.15, 0.2) is 0 Å². The number of carbonyl (C=O) groups is 1. The molecule has 0 fully saturated rings. The van der Waals surface area contributed by atoms with E-state index in [0.717, 1.165) is 12.0 Å². The van der Waals surface area contributed by atoms with Crippen molar-refractivity contribution < 1.29 is 4.79 Å². The van der Waals surface area contributed by atoms with Gasteiger partial charge in [0.2, 0.25) is 0 Å². The van der Waals surface area contributed by atoms with E-state index in [9.17, 15) is 4.79 Å². The molecule has 0 bridgehead atoms. The summed E-state index contributed by atoms with van der Waals surface area (Å²) in [6, 6.07) is 9.87. The van der Waals surface area contributed by atoms with Crippen LogP contribution in [0.3, 0.4) is 0 Å². The molecule has 0 aliphatic carbocycles. The Morgan fingerprint density at radius 3 is 2.60 bits per heavy atom. The summed E-state index contributed by atoms with van der Waals surface area (Å²) in [5, 5.41) is 0. The van der Waals surface area contributed by atoms with Gasteiger partial charge in [-0.1, -0.05) is 37.3 Å². The third kappa shape index (κ3) is 4.75. The molecule has 0 aliphatic heterocycles. The lowest BCUT2D eigenvalue weighted by atomic mass is 10.0. The van der Waals surface area contributed by atoms with E-state index in [4.69, 9.17) is 5.73 Å². The minimum absolute atomic E-state index is 0.307. The van der Waals surface area contributed by atoms with Crippen molar-refractivity contribution in [3.8, 4) is 0 Å².